The summed E-state index contributed by atoms with van der Waals surface area (Å²) in [5.41, 5.74) is 0.531. The Hall–Kier alpha value is -1.76. The molecular formula is C9H6BrN3O3. The maximum atomic E-state index is 10.4. The lowest BCUT2D eigenvalue weighted by Crippen LogP contribution is -1.99. The summed E-state index contributed by atoms with van der Waals surface area (Å²) in [6.45, 7) is 0. The van der Waals surface area contributed by atoms with Crippen LogP contribution in [0.5, 0.6) is 0 Å². The van der Waals surface area contributed by atoms with E-state index in [1.807, 2.05) is 0 Å². The van der Waals surface area contributed by atoms with Gasteiger partial charge in [-0.3, -0.25) is 9.78 Å². The summed E-state index contributed by atoms with van der Waals surface area (Å²) in [7, 11) is 0. The third kappa shape index (κ3) is 2.43. The van der Waals surface area contributed by atoms with Crippen molar-refractivity contribution in [1.29, 1.82) is 0 Å². The molecular weight excluding hydrogens is 278 g/mol. The highest BCUT2D eigenvalue weighted by Crippen LogP contribution is 2.15. The number of aromatic nitrogens is 3. The summed E-state index contributed by atoms with van der Waals surface area (Å²) in [5.74, 6) is -0.671. The zero-order chi connectivity index (χ0) is 11.5. The topological polar surface area (TPSA) is 89.1 Å². The van der Waals surface area contributed by atoms with Gasteiger partial charge < -0.3 is 9.63 Å². The molecule has 0 saturated heterocycles. The molecule has 0 aliphatic carbocycles. The number of carbonyl (C=O) groups is 1. The first-order chi connectivity index (χ1) is 7.65. The van der Waals surface area contributed by atoms with Gasteiger partial charge in [0.2, 0.25) is 11.7 Å². The molecule has 0 amide bonds. The van der Waals surface area contributed by atoms with Gasteiger partial charge in [-0.1, -0.05) is 5.16 Å². The fourth-order valence-corrected chi connectivity index (χ4v) is 1.30. The van der Waals surface area contributed by atoms with Gasteiger partial charge >= 0.3 is 5.97 Å². The van der Waals surface area contributed by atoms with Crippen LogP contribution < -0.4 is 0 Å². The van der Waals surface area contributed by atoms with Crippen LogP contribution >= 0.6 is 15.9 Å². The number of hydrogen-bond acceptors (Lipinski definition) is 5. The van der Waals surface area contributed by atoms with E-state index < -0.39 is 5.97 Å². The molecule has 2 rings (SSSR count). The number of aliphatic carboxylic acids is 1. The number of carboxylic acids is 1. The lowest BCUT2D eigenvalue weighted by atomic mass is 10.3. The van der Waals surface area contributed by atoms with Crippen LogP contribution in [-0.2, 0) is 11.2 Å². The van der Waals surface area contributed by atoms with Crippen molar-refractivity contribution in [3.05, 3.63) is 28.7 Å². The highest BCUT2D eigenvalue weighted by atomic mass is 79.9. The second-order valence-corrected chi connectivity index (χ2v) is 3.86. The van der Waals surface area contributed by atoms with Crippen LogP contribution in [-0.4, -0.2) is 26.2 Å². The van der Waals surface area contributed by atoms with E-state index in [1.165, 1.54) is 0 Å². The van der Waals surface area contributed by atoms with Gasteiger partial charge in [0, 0.05) is 10.7 Å². The second kappa shape index (κ2) is 4.40. The molecule has 1 N–H and O–H groups in total. The maximum absolute atomic E-state index is 10.4. The van der Waals surface area contributed by atoms with Crippen molar-refractivity contribution in [1.82, 2.24) is 15.1 Å². The van der Waals surface area contributed by atoms with Gasteiger partial charge in [0.1, 0.15) is 12.1 Å². The average Bonchev–Trinajstić information content (AvgIpc) is 2.66. The number of hydrogen-bond donors (Lipinski definition) is 1. The van der Waals surface area contributed by atoms with Crippen LogP contribution in [0.3, 0.4) is 0 Å². The normalized spacial score (nSPS) is 10.3. The molecule has 0 atom stereocenters. The number of pyridine rings is 1. The molecule has 0 saturated carbocycles. The Morgan fingerprint density at radius 2 is 2.31 bits per heavy atom. The van der Waals surface area contributed by atoms with E-state index in [0.717, 1.165) is 4.47 Å². The van der Waals surface area contributed by atoms with Crippen LogP contribution in [0.1, 0.15) is 5.89 Å². The van der Waals surface area contributed by atoms with Crippen molar-refractivity contribution in [2.24, 2.45) is 0 Å². The van der Waals surface area contributed by atoms with Crippen molar-refractivity contribution in [2.45, 2.75) is 6.42 Å². The molecule has 16 heavy (non-hydrogen) atoms. The first kappa shape index (κ1) is 10.7. The molecule has 0 spiro atoms. The lowest BCUT2D eigenvalue weighted by Gasteiger charge is -1.92. The van der Waals surface area contributed by atoms with Gasteiger partial charge in [-0.2, -0.15) is 4.98 Å². The first-order valence-electron chi connectivity index (χ1n) is 4.31. The Bertz CT molecular complexity index is 509. The predicted molar refractivity (Wildman–Crippen MR) is 56.6 cm³/mol. The molecule has 0 radical (unpaired) electrons. The predicted octanol–water partition coefficient (Wildman–Crippen LogP) is 1.52. The number of nitrogens with zero attached hydrogens (tertiary/aromatic N) is 3. The highest BCUT2D eigenvalue weighted by Gasteiger charge is 2.12. The molecule has 0 bridgehead atoms. The molecule has 2 aromatic rings. The zero-order valence-corrected chi connectivity index (χ0v) is 9.51. The third-order valence-electron chi connectivity index (χ3n) is 1.73. The monoisotopic (exact) mass is 283 g/mol. The highest BCUT2D eigenvalue weighted by molar-refractivity contribution is 9.10. The van der Waals surface area contributed by atoms with Gasteiger partial charge in [-0.05, 0) is 28.1 Å². The van der Waals surface area contributed by atoms with Gasteiger partial charge in [-0.25, -0.2) is 0 Å². The van der Waals surface area contributed by atoms with Gasteiger partial charge in [0.15, 0.2) is 0 Å². The summed E-state index contributed by atoms with van der Waals surface area (Å²) in [5, 5.41) is 12.2. The van der Waals surface area contributed by atoms with Crippen molar-refractivity contribution in [2.75, 3.05) is 0 Å². The molecule has 0 fully saturated rings. The fraction of sp³-hybridized carbons (Fsp3) is 0.111. The van der Waals surface area contributed by atoms with Crippen molar-refractivity contribution >= 4 is 21.9 Å². The van der Waals surface area contributed by atoms with E-state index in [9.17, 15) is 4.79 Å². The van der Waals surface area contributed by atoms with E-state index >= 15 is 0 Å². The quantitative estimate of drug-likeness (QED) is 0.919. The van der Waals surface area contributed by atoms with E-state index in [0.29, 0.717) is 5.69 Å². The first-order valence-corrected chi connectivity index (χ1v) is 5.11. The Kier molecular flexibility index (Phi) is 2.95. The van der Waals surface area contributed by atoms with Gasteiger partial charge in [-0.15, -0.1) is 0 Å². The van der Waals surface area contributed by atoms with E-state index in [4.69, 9.17) is 9.63 Å². The summed E-state index contributed by atoms with van der Waals surface area (Å²) >= 11 is 3.25. The summed E-state index contributed by atoms with van der Waals surface area (Å²) in [6.07, 6.45) is 1.31. The van der Waals surface area contributed by atoms with Crippen LogP contribution in [0.4, 0.5) is 0 Å². The molecule has 2 aromatic heterocycles. The molecule has 0 unspecified atom stereocenters. The molecule has 0 aliphatic rings. The fourth-order valence-electron chi connectivity index (χ4n) is 1.07. The molecule has 0 aromatic carbocycles. The van der Waals surface area contributed by atoms with Gasteiger partial charge in [0.25, 0.3) is 0 Å². The Labute approximate surface area is 98.4 Å². The Morgan fingerprint density at radius 3 is 2.94 bits per heavy atom. The van der Waals surface area contributed by atoms with Crippen molar-refractivity contribution < 1.29 is 14.4 Å². The molecule has 82 valence electrons. The number of halogens is 1. The second-order valence-electron chi connectivity index (χ2n) is 2.94. The Morgan fingerprint density at radius 1 is 1.50 bits per heavy atom. The molecule has 6 nitrogen and oxygen atoms in total. The number of rotatable bonds is 3. The van der Waals surface area contributed by atoms with Crippen molar-refractivity contribution in [3.63, 3.8) is 0 Å². The maximum Gasteiger partial charge on any atom is 0.312 e. The third-order valence-corrected chi connectivity index (χ3v) is 2.20. The average molecular weight is 284 g/mol. The molecule has 0 aliphatic heterocycles. The van der Waals surface area contributed by atoms with E-state index in [1.54, 1.807) is 18.3 Å². The molecule has 2 heterocycles. The SMILES string of the molecule is O=C(O)Cc1nc(-c2ccc(Br)cn2)no1. The van der Waals surface area contributed by atoms with E-state index in [-0.39, 0.29) is 18.1 Å². The van der Waals surface area contributed by atoms with Crippen LogP contribution in [0.15, 0.2) is 27.3 Å². The Balaban J connectivity index is 2.24. The largest absolute Gasteiger partial charge is 0.481 e. The van der Waals surface area contributed by atoms with Crippen LogP contribution in [0, 0.1) is 0 Å². The standard InChI is InChI=1S/C9H6BrN3O3/c10-5-1-2-6(11-4-5)9-12-7(16-13-9)3-8(14)15/h1-2,4H,3H2,(H,14,15). The summed E-state index contributed by atoms with van der Waals surface area (Å²) in [6, 6.07) is 3.50. The van der Waals surface area contributed by atoms with Gasteiger partial charge in [0.05, 0.1) is 0 Å². The number of carboxylic acid groups (broad SMARTS) is 1. The van der Waals surface area contributed by atoms with E-state index in [2.05, 4.69) is 31.1 Å². The summed E-state index contributed by atoms with van der Waals surface area (Å²) < 4.78 is 5.60. The minimum atomic E-state index is -1.01. The minimum Gasteiger partial charge on any atom is -0.481 e. The minimum absolute atomic E-state index is 0.0622. The summed E-state index contributed by atoms with van der Waals surface area (Å²) in [4.78, 5) is 18.4. The van der Waals surface area contributed by atoms with Crippen LogP contribution in [0.2, 0.25) is 0 Å². The lowest BCUT2D eigenvalue weighted by molar-refractivity contribution is -0.136. The van der Waals surface area contributed by atoms with Crippen molar-refractivity contribution in [3.8, 4) is 11.5 Å². The molecule has 7 heteroatoms. The zero-order valence-electron chi connectivity index (χ0n) is 7.92. The smallest absolute Gasteiger partial charge is 0.312 e. The van der Waals surface area contributed by atoms with Crippen LogP contribution in [0.25, 0.3) is 11.5 Å².